The molecular formula is C13H26N2O3. The molecule has 0 atom stereocenters. The Kier molecular flexibility index (Phi) is 7.59. The first kappa shape index (κ1) is 16.9. The quantitative estimate of drug-likeness (QED) is 0.664. The Morgan fingerprint density at radius 3 is 2.33 bits per heavy atom. The van der Waals surface area contributed by atoms with Crippen LogP contribution in [0.1, 0.15) is 40.5 Å². The molecule has 18 heavy (non-hydrogen) atoms. The lowest BCUT2D eigenvalue weighted by molar-refractivity contribution is -0.141. The van der Waals surface area contributed by atoms with E-state index in [4.69, 9.17) is 0 Å². The highest BCUT2D eigenvalue weighted by Gasteiger charge is 2.19. The van der Waals surface area contributed by atoms with Crippen LogP contribution in [0.25, 0.3) is 0 Å². The molecule has 0 saturated carbocycles. The minimum Gasteiger partial charge on any atom is -0.469 e. The van der Waals surface area contributed by atoms with Gasteiger partial charge in [0.05, 0.1) is 20.1 Å². The fourth-order valence-corrected chi connectivity index (χ4v) is 1.41. The number of rotatable bonds is 8. The molecule has 0 aliphatic rings. The van der Waals surface area contributed by atoms with Crippen LogP contribution >= 0.6 is 0 Å². The summed E-state index contributed by atoms with van der Waals surface area (Å²) in [6.45, 7) is 9.59. The van der Waals surface area contributed by atoms with Gasteiger partial charge in [-0.05, 0) is 26.8 Å². The molecule has 0 aromatic heterocycles. The zero-order valence-electron chi connectivity index (χ0n) is 12.2. The SMILES string of the molecule is CCN(CCC(=O)OC)CC(=O)NC(C)(C)CC. The second-order valence-corrected chi connectivity index (χ2v) is 4.98. The van der Waals surface area contributed by atoms with Crippen molar-refractivity contribution in [3.63, 3.8) is 0 Å². The number of carbonyl (C=O) groups excluding carboxylic acids is 2. The molecule has 0 unspecified atom stereocenters. The van der Waals surface area contributed by atoms with Crippen LogP contribution in [-0.2, 0) is 14.3 Å². The fourth-order valence-electron chi connectivity index (χ4n) is 1.41. The number of esters is 1. The highest BCUT2D eigenvalue weighted by atomic mass is 16.5. The summed E-state index contributed by atoms with van der Waals surface area (Å²) in [5.41, 5.74) is -0.182. The van der Waals surface area contributed by atoms with Gasteiger partial charge < -0.3 is 10.1 Å². The van der Waals surface area contributed by atoms with Gasteiger partial charge >= 0.3 is 5.97 Å². The van der Waals surface area contributed by atoms with Crippen molar-refractivity contribution >= 4 is 11.9 Å². The molecule has 0 bridgehead atoms. The van der Waals surface area contributed by atoms with Gasteiger partial charge in [-0.25, -0.2) is 0 Å². The van der Waals surface area contributed by atoms with Crippen LogP contribution in [0.3, 0.4) is 0 Å². The molecule has 0 heterocycles. The average Bonchev–Trinajstić information content (AvgIpc) is 2.33. The van der Waals surface area contributed by atoms with Crippen molar-refractivity contribution in [2.75, 3.05) is 26.7 Å². The Hall–Kier alpha value is -1.10. The number of hydrogen-bond acceptors (Lipinski definition) is 4. The van der Waals surface area contributed by atoms with Crippen molar-refractivity contribution in [3.8, 4) is 0 Å². The molecular weight excluding hydrogens is 232 g/mol. The van der Waals surface area contributed by atoms with Crippen molar-refractivity contribution in [3.05, 3.63) is 0 Å². The zero-order chi connectivity index (χ0) is 14.2. The third-order valence-electron chi connectivity index (χ3n) is 3.04. The van der Waals surface area contributed by atoms with E-state index >= 15 is 0 Å². The Balaban J connectivity index is 4.12. The lowest BCUT2D eigenvalue weighted by Gasteiger charge is -2.27. The maximum absolute atomic E-state index is 11.8. The van der Waals surface area contributed by atoms with E-state index in [0.29, 0.717) is 19.5 Å². The minimum atomic E-state index is -0.247. The number of nitrogens with one attached hydrogen (secondary N) is 1. The van der Waals surface area contributed by atoms with Gasteiger partial charge in [0.25, 0.3) is 0 Å². The van der Waals surface area contributed by atoms with Gasteiger partial charge in [0.2, 0.25) is 5.91 Å². The predicted octanol–water partition coefficient (Wildman–Crippen LogP) is 1.18. The Morgan fingerprint density at radius 2 is 1.89 bits per heavy atom. The first-order valence-corrected chi connectivity index (χ1v) is 6.44. The fraction of sp³-hybridized carbons (Fsp3) is 0.846. The third kappa shape index (κ3) is 7.27. The largest absolute Gasteiger partial charge is 0.469 e. The lowest BCUT2D eigenvalue weighted by Crippen LogP contribution is -2.47. The topological polar surface area (TPSA) is 58.6 Å². The Labute approximate surface area is 110 Å². The van der Waals surface area contributed by atoms with Crippen LogP contribution in [0, 0.1) is 0 Å². The number of methoxy groups -OCH3 is 1. The lowest BCUT2D eigenvalue weighted by atomic mass is 10.0. The molecule has 5 heteroatoms. The molecule has 0 rings (SSSR count). The molecule has 0 aromatic rings. The summed E-state index contributed by atoms with van der Waals surface area (Å²) in [4.78, 5) is 24.8. The Morgan fingerprint density at radius 1 is 1.28 bits per heavy atom. The van der Waals surface area contributed by atoms with Gasteiger partial charge in [0, 0.05) is 12.1 Å². The van der Waals surface area contributed by atoms with Gasteiger partial charge in [-0.3, -0.25) is 14.5 Å². The Bertz CT molecular complexity index is 277. The molecule has 5 nitrogen and oxygen atoms in total. The number of hydrogen-bond donors (Lipinski definition) is 1. The van der Waals surface area contributed by atoms with Crippen molar-refractivity contribution in [1.29, 1.82) is 0 Å². The summed E-state index contributed by atoms with van der Waals surface area (Å²) < 4.78 is 4.58. The summed E-state index contributed by atoms with van der Waals surface area (Å²) >= 11 is 0. The van der Waals surface area contributed by atoms with Crippen LogP contribution in [0.5, 0.6) is 0 Å². The molecule has 1 amide bonds. The van der Waals surface area contributed by atoms with E-state index in [9.17, 15) is 9.59 Å². The van der Waals surface area contributed by atoms with E-state index in [-0.39, 0.29) is 17.4 Å². The number of ether oxygens (including phenoxy) is 1. The summed E-state index contributed by atoms with van der Waals surface area (Å²) in [7, 11) is 1.37. The van der Waals surface area contributed by atoms with Gasteiger partial charge in [0.15, 0.2) is 0 Å². The van der Waals surface area contributed by atoms with Crippen LogP contribution in [0.15, 0.2) is 0 Å². The molecule has 106 valence electrons. The highest BCUT2D eigenvalue weighted by molar-refractivity contribution is 5.78. The van der Waals surface area contributed by atoms with Crippen molar-refractivity contribution in [2.24, 2.45) is 0 Å². The van der Waals surface area contributed by atoms with E-state index in [1.54, 1.807) is 0 Å². The van der Waals surface area contributed by atoms with Gasteiger partial charge in [0.1, 0.15) is 0 Å². The normalized spacial score (nSPS) is 11.4. The molecule has 0 aromatic carbocycles. The summed E-state index contributed by atoms with van der Waals surface area (Å²) in [5.74, 6) is -0.253. The molecule has 0 aliphatic carbocycles. The number of amides is 1. The standard InChI is InChI=1S/C13H26N2O3/c1-6-13(3,4)14-11(16)10-15(7-2)9-8-12(17)18-5/h6-10H2,1-5H3,(H,14,16). The summed E-state index contributed by atoms with van der Waals surface area (Å²) in [6.07, 6.45) is 1.20. The first-order valence-electron chi connectivity index (χ1n) is 6.44. The van der Waals surface area contributed by atoms with E-state index < -0.39 is 0 Å². The van der Waals surface area contributed by atoms with E-state index in [0.717, 1.165) is 13.0 Å². The molecule has 0 aliphatic heterocycles. The van der Waals surface area contributed by atoms with Crippen LogP contribution in [0.2, 0.25) is 0 Å². The highest BCUT2D eigenvalue weighted by Crippen LogP contribution is 2.06. The van der Waals surface area contributed by atoms with E-state index in [1.165, 1.54) is 7.11 Å². The van der Waals surface area contributed by atoms with Crippen molar-refractivity contribution in [2.45, 2.75) is 46.1 Å². The monoisotopic (exact) mass is 258 g/mol. The second kappa shape index (κ2) is 8.08. The molecule has 0 saturated heterocycles. The minimum absolute atomic E-state index is 0.00596. The molecule has 0 spiro atoms. The smallest absolute Gasteiger partial charge is 0.306 e. The second-order valence-electron chi connectivity index (χ2n) is 4.98. The first-order chi connectivity index (χ1) is 8.34. The number of carbonyl (C=O) groups is 2. The average molecular weight is 258 g/mol. The molecule has 0 fully saturated rings. The van der Waals surface area contributed by atoms with Crippen LogP contribution < -0.4 is 5.32 Å². The summed E-state index contributed by atoms with van der Waals surface area (Å²) in [6, 6.07) is 0. The maximum Gasteiger partial charge on any atom is 0.306 e. The van der Waals surface area contributed by atoms with Crippen LogP contribution in [-0.4, -0.2) is 49.1 Å². The molecule has 0 radical (unpaired) electrons. The van der Waals surface area contributed by atoms with Crippen LogP contribution in [0.4, 0.5) is 0 Å². The third-order valence-corrected chi connectivity index (χ3v) is 3.04. The number of likely N-dealkylation sites (N-methyl/N-ethyl adjacent to an activating group) is 1. The van der Waals surface area contributed by atoms with Gasteiger partial charge in [-0.1, -0.05) is 13.8 Å². The molecule has 1 N–H and O–H groups in total. The summed E-state index contributed by atoms with van der Waals surface area (Å²) in [5, 5.41) is 2.98. The van der Waals surface area contributed by atoms with E-state index in [1.807, 2.05) is 32.6 Å². The number of nitrogens with zero attached hydrogens (tertiary/aromatic N) is 1. The van der Waals surface area contributed by atoms with Crippen molar-refractivity contribution in [1.82, 2.24) is 10.2 Å². The van der Waals surface area contributed by atoms with E-state index in [2.05, 4.69) is 10.1 Å². The predicted molar refractivity (Wildman–Crippen MR) is 71.3 cm³/mol. The zero-order valence-corrected chi connectivity index (χ0v) is 12.2. The van der Waals surface area contributed by atoms with Crippen molar-refractivity contribution < 1.29 is 14.3 Å². The van der Waals surface area contributed by atoms with Gasteiger partial charge in [-0.15, -0.1) is 0 Å². The van der Waals surface area contributed by atoms with Gasteiger partial charge in [-0.2, -0.15) is 0 Å². The maximum atomic E-state index is 11.8.